The Bertz CT molecular complexity index is 935. The van der Waals surface area contributed by atoms with Gasteiger partial charge in [0.1, 0.15) is 12.4 Å². The SMILES string of the molecule is O=C(CC(=O)N1CC[NH+](CCO)CC1)c1cccnc1Nc1cccc(C(F)(F)F)c1.[Cl-]. The van der Waals surface area contributed by atoms with Gasteiger partial charge >= 0.3 is 6.18 Å². The lowest BCUT2D eigenvalue weighted by molar-refractivity contribution is -0.904. The van der Waals surface area contributed by atoms with Crippen LogP contribution in [0.2, 0.25) is 0 Å². The molecule has 0 atom stereocenters. The topological polar surface area (TPSA) is 87.0 Å². The van der Waals surface area contributed by atoms with Crippen LogP contribution in [0, 0.1) is 0 Å². The minimum Gasteiger partial charge on any atom is -1.00 e. The maximum Gasteiger partial charge on any atom is 0.416 e. The third-order valence-corrected chi connectivity index (χ3v) is 5.16. The van der Waals surface area contributed by atoms with Crippen LogP contribution in [0.5, 0.6) is 0 Å². The van der Waals surface area contributed by atoms with E-state index >= 15 is 0 Å². The molecule has 2 heterocycles. The lowest BCUT2D eigenvalue weighted by atomic mass is 10.1. The zero-order valence-corrected chi connectivity index (χ0v) is 17.9. The highest BCUT2D eigenvalue weighted by Crippen LogP contribution is 2.31. The van der Waals surface area contributed by atoms with Crippen LogP contribution >= 0.6 is 0 Å². The number of anilines is 2. The van der Waals surface area contributed by atoms with E-state index < -0.39 is 17.5 Å². The number of quaternary nitrogens is 1. The highest BCUT2D eigenvalue weighted by molar-refractivity contribution is 6.10. The van der Waals surface area contributed by atoms with Gasteiger partial charge in [-0.2, -0.15) is 13.2 Å². The summed E-state index contributed by atoms with van der Waals surface area (Å²) >= 11 is 0. The van der Waals surface area contributed by atoms with Crippen molar-refractivity contribution < 1.29 is 45.2 Å². The lowest BCUT2D eigenvalue weighted by Crippen LogP contribution is -3.15. The summed E-state index contributed by atoms with van der Waals surface area (Å²) in [6.45, 7) is 3.13. The van der Waals surface area contributed by atoms with Crippen LogP contribution in [0.1, 0.15) is 22.3 Å². The largest absolute Gasteiger partial charge is 1.00 e. The number of carbonyl (C=O) groups excluding carboxylic acids is 2. The van der Waals surface area contributed by atoms with Crippen molar-refractivity contribution in [3.8, 4) is 0 Å². The quantitative estimate of drug-likeness (QED) is 0.325. The second-order valence-corrected chi connectivity index (χ2v) is 7.31. The molecule has 0 spiro atoms. The van der Waals surface area contributed by atoms with Gasteiger partial charge in [0, 0.05) is 11.9 Å². The van der Waals surface area contributed by atoms with Crippen molar-refractivity contribution in [1.82, 2.24) is 9.88 Å². The van der Waals surface area contributed by atoms with Gasteiger partial charge in [0.15, 0.2) is 5.78 Å². The normalized spacial score (nSPS) is 14.6. The molecule has 1 saturated heterocycles. The molecular weight excluding hydrogens is 449 g/mol. The smallest absolute Gasteiger partial charge is 0.416 e. The zero-order valence-electron chi connectivity index (χ0n) is 17.2. The molecule has 3 rings (SSSR count). The fraction of sp³-hybridized carbons (Fsp3) is 0.381. The molecule has 1 aliphatic rings. The van der Waals surface area contributed by atoms with Crippen LogP contribution in [0.25, 0.3) is 0 Å². The Morgan fingerprint density at radius 3 is 2.53 bits per heavy atom. The summed E-state index contributed by atoms with van der Waals surface area (Å²) in [7, 11) is 0. The Morgan fingerprint density at radius 2 is 1.88 bits per heavy atom. The van der Waals surface area contributed by atoms with E-state index in [9.17, 15) is 22.8 Å². The first-order valence-electron chi connectivity index (χ1n) is 9.92. The molecule has 3 N–H and O–H groups in total. The Morgan fingerprint density at radius 1 is 1.16 bits per heavy atom. The van der Waals surface area contributed by atoms with E-state index in [1.165, 1.54) is 35.4 Å². The van der Waals surface area contributed by atoms with Crippen molar-refractivity contribution in [3.63, 3.8) is 0 Å². The number of nitrogens with one attached hydrogen (secondary N) is 2. The molecule has 0 radical (unpaired) electrons. The van der Waals surface area contributed by atoms with Gasteiger partial charge in [-0.05, 0) is 30.3 Å². The Labute approximate surface area is 189 Å². The number of carbonyl (C=O) groups is 2. The number of hydrogen-bond donors (Lipinski definition) is 3. The molecule has 0 unspecified atom stereocenters. The maximum atomic E-state index is 12.9. The number of piperazine rings is 1. The van der Waals surface area contributed by atoms with E-state index in [-0.39, 0.29) is 48.4 Å². The molecule has 174 valence electrons. The van der Waals surface area contributed by atoms with E-state index in [0.29, 0.717) is 32.7 Å². The molecule has 0 saturated carbocycles. The standard InChI is InChI=1S/C21H23F3N4O3.ClH/c22-21(23,24)15-3-1-4-16(13-15)26-20-17(5-2-6-25-20)18(30)14-19(31)28-9-7-27(8-10-28)11-12-29;/h1-6,13,29H,7-12,14H2,(H,25,26);1H. The van der Waals surface area contributed by atoms with E-state index in [1.54, 1.807) is 4.90 Å². The summed E-state index contributed by atoms with van der Waals surface area (Å²) in [5.41, 5.74) is -0.548. The molecule has 1 fully saturated rings. The highest BCUT2D eigenvalue weighted by Gasteiger charge is 2.30. The van der Waals surface area contributed by atoms with Crippen LogP contribution < -0.4 is 22.6 Å². The number of ketones is 1. The maximum absolute atomic E-state index is 12.9. The predicted molar refractivity (Wildman–Crippen MR) is 107 cm³/mol. The molecule has 2 aromatic rings. The average Bonchev–Trinajstić information content (AvgIpc) is 2.74. The zero-order chi connectivity index (χ0) is 22.4. The van der Waals surface area contributed by atoms with Gasteiger partial charge in [-0.1, -0.05) is 6.07 Å². The first kappa shape index (κ1) is 25.6. The van der Waals surface area contributed by atoms with Crippen LogP contribution in [0.3, 0.4) is 0 Å². The van der Waals surface area contributed by atoms with E-state index in [2.05, 4.69) is 10.3 Å². The number of halogens is 4. The summed E-state index contributed by atoms with van der Waals surface area (Å²) in [6.07, 6.45) is -3.42. The number of aliphatic hydroxyl groups is 1. The Kier molecular flexibility index (Phi) is 8.99. The monoisotopic (exact) mass is 472 g/mol. The summed E-state index contributed by atoms with van der Waals surface area (Å²) < 4.78 is 38.8. The van der Waals surface area contributed by atoms with Crippen LogP contribution in [0.4, 0.5) is 24.7 Å². The van der Waals surface area contributed by atoms with Crippen molar-refractivity contribution in [2.45, 2.75) is 12.6 Å². The number of nitrogens with zero attached hydrogens (tertiary/aromatic N) is 2. The minimum absolute atomic E-state index is 0. The van der Waals surface area contributed by atoms with Gasteiger partial charge in [-0.25, -0.2) is 4.98 Å². The van der Waals surface area contributed by atoms with Gasteiger partial charge in [0.25, 0.3) is 0 Å². The number of rotatable bonds is 7. The number of hydrogen-bond acceptors (Lipinski definition) is 5. The summed E-state index contributed by atoms with van der Waals surface area (Å²) in [6, 6.07) is 7.61. The third kappa shape index (κ3) is 6.65. The van der Waals surface area contributed by atoms with Gasteiger partial charge in [-0.15, -0.1) is 0 Å². The first-order valence-corrected chi connectivity index (χ1v) is 9.92. The van der Waals surface area contributed by atoms with Crippen LogP contribution in [-0.2, 0) is 11.0 Å². The highest BCUT2D eigenvalue weighted by atomic mass is 35.5. The summed E-state index contributed by atoms with van der Waals surface area (Å²) in [4.78, 5) is 32.2. The fourth-order valence-corrected chi connectivity index (χ4v) is 3.46. The minimum atomic E-state index is -4.49. The number of Topliss-reactive ketones (excluding diaryl/α,β-unsaturated/α-hetero) is 1. The van der Waals surface area contributed by atoms with Crippen LogP contribution in [-0.4, -0.2) is 66.0 Å². The van der Waals surface area contributed by atoms with E-state index in [0.717, 1.165) is 12.1 Å². The molecule has 32 heavy (non-hydrogen) atoms. The molecule has 1 aliphatic heterocycles. The van der Waals surface area contributed by atoms with E-state index in [4.69, 9.17) is 5.11 Å². The molecule has 0 bridgehead atoms. The first-order chi connectivity index (χ1) is 14.8. The predicted octanol–water partition coefficient (Wildman–Crippen LogP) is -1.86. The molecule has 1 aromatic heterocycles. The van der Waals surface area contributed by atoms with Crippen molar-refractivity contribution in [2.75, 3.05) is 44.6 Å². The Hall–Kier alpha value is -2.69. The number of alkyl halides is 3. The fourth-order valence-electron chi connectivity index (χ4n) is 3.46. The summed E-state index contributed by atoms with van der Waals surface area (Å²) in [5.74, 6) is -0.670. The van der Waals surface area contributed by atoms with Gasteiger partial charge < -0.3 is 32.6 Å². The van der Waals surface area contributed by atoms with Gasteiger partial charge in [0.05, 0.1) is 50.3 Å². The van der Waals surface area contributed by atoms with Crippen molar-refractivity contribution >= 4 is 23.2 Å². The number of aliphatic hydroxyl groups excluding tert-OH is 1. The third-order valence-electron chi connectivity index (χ3n) is 5.16. The molecule has 0 aliphatic carbocycles. The summed E-state index contributed by atoms with van der Waals surface area (Å²) in [5, 5.41) is 11.8. The second kappa shape index (κ2) is 11.3. The van der Waals surface area contributed by atoms with Crippen molar-refractivity contribution in [2.24, 2.45) is 0 Å². The van der Waals surface area contributed by atoms with Crippen LogP contribution in [0.15, 0.2) is 42.6 Å². The number of pyridine rings is 1. The molecular formula is C21H24ClF3N4O3. The second-order valence-electron chi connectivity index (χ2n) is 7.31. The van der Waals surface area contributed by atoms with Gasteiger partial charge in [0.2, 0.25) is 5.91 Å². The number of aromatic nitrogens is 1. The molecule has 11 heteroatoms. The molecule has 7 nitrogen and oxygen atoms in total. The van der Waals surface area contributed by atoms with Crippen molar-refractivity contribution in [3.05, 3.63) is 53.7 Å². The number of amides is 1. The van der Waals surface area contributed by atoms with E-state index in [1.807, 2.05) is 0 Å². The van der Waals surface area contributed by atoms with Gasteiger partial charge in [-0.3, -0.25) is 9.59 Å². The molecule has 1 aromatic carbocycles. The number of benzene rings is 1. The average molecular weight is 473 g/mol. The molecule has 1 amide bonds. The Balaban J connectivity index is 0.00000363. The lowest BCUT2D eigenvalue weighted by Gasteiger charge is -2.31. The van der Waals surface area contributed by atoms with Crippen molar-refractivity contribution in [1.29, 1.82) is 0 Å².